The summed E-state index contributed by atoms with van der Waals surface area (Å²) in [5, 5.41) is 12.5. The van der Waals surface area contributed by atoms with E-state index in [4.69, 9.17) is 9.47 Å². The van der Waals surface area contributed by atoms with Gasteiger partial charge in [0.1, 0.15) is 28.5 Å². The molecule has 5 aromatic rings. The molecule has 11 nitrogen and oxygen atoms in total. The van der Waals surface area contributed by atoms with Crippen molar-refractivity contribution in [3.63, 3.8) is 0 Å². The van der Waals surface area contributed by atoms with Crippen LogP contribution in [0.2, 0.25) is 0 Å². The fraction of sp³-hybridized carbons (Fsp3) is 0.129. The minimum absolute atomic E-state index is 0.00183. The van der Waals surface area contributed by atoms with Crippen LogP contribution in [0.1, 0.15) is 16.8 Å². The number of aryl methyl sites for hydroxylation is 1. The molecular formula is C31H26N6O5. The number of rotatable bonds is 7. The first-order valence-corrected chi connectivity index (χ1v) is 12.8. The number of pyridine rings is 1. The van der Waals surface area contributed by atoms with E-state index >= 15 is 0 Å². The molecule has 0 aliphatic carbocycles. The highest BCUT2D eigenvalue weighted by molar-refractivity contribution is 6.10. The van der Waals surface area contributed by atoms with Crippen LogP contribution in [0.3, 0.4) is 0 Å². The molecule has 3 aromatic heterocycles. The van der Waals surface area contributed by atoms with Crippen LogP contribution in [-0.4, -0.2) is 31.8 Å². The third-order valence-corrected chi connectivity index (χ3v) is 6.77. The fourth-order valence-electron chi connectivity index (χ4n) is 4.49. The first kappa shape index (κ1) is 27.7. The molecule has 0 spiro atoms. The molecule has 0 saturated heterocycles. The predicted molar refractivity (Wildman–Crippen MR) is 157 cm³/mol. The summed E-state index contributed by atoms with van der Waals surface area (Å²) in [6, 6.07) is 21.1. The van der Waals surface area contributed by atoms with Gasteiger partial charge in [-0.1, -0.05) is 36.4 Å². The van der Waals surface area contributed by atoms with Crippen molar-refractivity contribution in [1.29, 1.82) is 5.26 Å². The maximum atomic E-state index is 13.7. The fourth-order valence-corrected chi connectivity index (χ4v) is 4.49. The van der Waals surface area contributed by atoms with Gasteiger partial charge in [0.2, 0.25) is 5.88 Å². The average molecular weight is 563 g/mol. The van der Waals surface area contributed by atoms with Crippen LogP contribution >= 0.6 is 0 Å². The van der Waals surface area contributed by atoms with Crippen LogP contribution < -0.4 is 25.9 Å². The molecule has 0 radical (unpaired) electrons. The van der Waals surface area contributed by atoms with Crippen molar-refractivity contribution in [3.8, 4) is 29.1 Å². The van der Waals surface area contributed by atoms with E-state index in [9.17, 15) is 19.6 Å². The maximum absolute atomic E-state index is 13.7. The molecule has 5 rings (SSSR count). The molecular weight excluding hydrogens is 536 g/mol. The Morgan fingerprint density at radius 3 is 2.36 bits per heavy atom. The summed E-state index contributed by atoms with van der Waals surface area (Å²) in [6.45, 7) is 3.47. The Balaban J connectivity index is 1.61. The molecule has 1 N–H and O–H groups in total. The van der Waals surface area contributed by atoms with Crippen molar-refractivity contribution < 1.29 is 14.3 Å². The van der Waals surface area contributed by atoms with E-state index in [0.717, 1.165) is 6.08 Å². The smallest absolute Gasteiger partial charge is 0.295 e. The van der Waals surface area contributed by atoms with Crippen molar-refractivity contribution in [2.75, 3.05) is 12.4 Å². The van der Waals surface area contributed by atoms with Crippen LogP contribution in [0.5, 0.6) is 17.4 Å². The van der Waals surface area contributed by atoms with Gasteiger partial charge in [0.05, 0.1) is 18.5 Å². The van der Waals surface area contributed by atoms with E-state index in [1.807, 2.05) is 12.1 Å². The average Bonchev–Trinajstić information content (AvgIpc) is 3.21. The van der Waals surface area contributed by atoms with Crippen LogP contribution in [0.15, 0.2) is 88.1 Å². The lowest BCUT2D eigenvalue weighted by Gasteiger charge is -2.13. The van der Waals surface area contributed by atoms with E-state index in [2.05, 4.69) is 10.3 Å². The zero-order chi connectivity index (χ0) is 30.0. The molecule has 3 heterocycles. The topological polar surface area (TPSA) is 133 Å². The zero-order valence-electron chi connectivity index (χ0n) is 23.3. The molecule has 210 valence electrons. The largest absolute Gasteiger partial charge is 0.493 e. The number of aromatic nitrogens is 4. The Morgan fingerprint density at radius 1 is 0.976 bits per heavy atom. The quantitative estimate of drug-likeness (QED) is 0.233. The lowest BCUT2D eigenvalue weighted by Crippen LogP contribution is -2.24. The number of benzene rings is 2. The van der Waals surface area contributed by atoms with Gasteiger partial charge in [-0.2, -0.15) is 10.2 Å². The lowest BCUT2D eigenvalue weighted by molar-refractivity contribution is -0.112. The van der Waals surface area contributed by atoms with Gasteiger partial charge in [-0.25, -0.2) is 4.68 Å². The van der Waals surface area contributed by atoms with Gasteiger partial charge in [-0.05, 0) is 55.8 Å². The molecule has 2 aromatic carbocycles. The van der Waals surface area contributed by atoms with Gasteiger partial charge in [-0.3, -0.25) is 23.5 Å². The van der Waals surface area contributed by atoms with E-state index < -0.39 is 22.6 Å². The van der Waals surface area contributed by atoms with E-state index in [0.29, 0.717) is 28.3 Å². The monoisotopic (exact) mass is 562 g/mol. The van der Waals surface area contributed by atoms with Gasteiger partial charge in [0.15, 0.2) is 11.5 Å². The third kappa shape index (κ3) is 4.93. The summed E-state index contributed by atoms with van der Waals surface area (Å²) in [4.78, 5) is 44.9. The predicted octanol–water partition coefficient (Wildman–Crippen LogP) is 4.15. The Bertz CT molecular complexity index is 2030. The van der Waals surface area contributed by atoms with Crippen LogP contribution in [0.4, 0.5) is 5.69 Å². The molecule has 0 saturated carbocycles. The summed E-state index contributed by atoms with van der Waals surface area (Å²) in [7, 11) is 3.16. The van der Waals surface area contributed by atoms with E-state index in [1.54, 1.807) is 86.2 Å². The zero-order valence-corrected chi connectivity index (χ0v) is 23.3. The molecule has 0 atom stereocenters. The first-order chi connectivity index (χ1) is 20.2. The van der Waals surface area contributed by atoms with Crippen molar-refractivity contribution in [2.45, 2.75) is 13.8 Å². The number of amides is 1. The Labute approximate surface area is 240 Å². The number of carbonyl (C=O) groups is 1. The Hall–Kier alpha value is -5.89. The van der Waals surface area contributed by atoms with Crippen LogP contribution in [0.25, 0.3) is 17.4 Å². The van der Waals surface area contributed by atoms with Crippen molar-refractivity contribution >= 4 is 23.3 Å². The van der Waals surface area contributed by atoms with Crippen LogP contribution in [-0.2, 0) is 11.8 Å². The molecule has 11 heteroatoms. The summed E-state index contributed by atoms with van der Waals surface area (Å²) in [6.07, 6.45) is 2.64. The Kier molecular flexibility index (Phi) is 7.45. The SMILES string of the molecule is COc1ccccc1Oc1nc2c(C)cccn2c(=O)c1C=C(C#N)C(=O)Nc1c(C)n(C)n(-c2ccccc2)c1=O. The molecule has 0 unspecified atom stereocenters. The second-order valence-electron chi connectivity index (χ2n) is 9.33. The van der Waals surface area contributed by atoms with Crippen molar-refractivity contribution in [2.24, 2.45) is 7.05 Å². The highest BCUT2D eigenvalue weighted by atomic mass is 16.5. The summed E-state index contributed by atoms with van der Waals surface area (Å²) in [5.74, 6) is -0.322. The molecule has 0 fully saturated rings. The molecule has 0 aliphatic heterocycles. The first-order valence-electron chi connectivity index (χ1n) is 12.8. The van der Waals surface area contributed by atoms with Gasteiger partial charge in [-0.15, -0.1) is 0 Å². The number of anilines is 1. The highest BCUT2D eigenvalue weighted by Crippen LogP contribution is 2.32. The maximum Gasteiger partial charge on any atom is 0.295 e. The van der Waals surface area contributed by atoms with Gasteiger partial charge in [0.25, 0.3) is 17.0 Å². The van der Waals surface area contributed by atoms with Gasteiger partial charge < -0.3 is 14.8 Å². The Morgan fingerprint density at radius 2 is 1.67 bits per heavy atom. The second kappa shape index (κ2) is 11.3. The van der Waals surface area contributed by atoms with Gasteiger partial charge >= 0.3 is 0 Å². The minimum Gasteiger partial charge on any atom is -0.493 e. The number of carbonyl (C=O) groups excluding carboxylic acids is 1. The number of hydrogen-bond acceptors (Lipinski definition) is 7. The third-order valence-electron chi connectivity index (χ3n) is 6.77. The lowest BCUT2D eigenvalue weighted by atomic mass is 10.1. The van der Waals surface area contributed by atoms with E-state index in [-0.39, 0.29) is 22.9 Å². The number of methoxy groups -OCH3 is 1. The number of nitrogens with zero attached hydrogens (tertiary/aromatic N) is 5. The molecule has 42 heavy (non-hydrogen) atoms. The summed E-state index contributed by atoms with van der Waals surface area (Å²) >= 11 is 0. The molecule has 0 aliphatic rings. The van der Waals surface area contributed by atoms with Gasteiger partial charge in [0, 0.05) is 13.2 Å². The standard InChI is InChI=1S/C31H26N6O5/c1-19-11-10-16-36-27(19)34-29(42-25-15-9-8-14-24(25)41-4)23(30(36)39)17-21(18-32)28(38)33-26-20(2)35(3)37(31(26)40)22-12-6-5-7-13-22/h5-17H,1-4H3,(H,33,38). The number of nitriles is 1. The molecule has 0 bridgehead atoms. The second-order valence-corrected chi connectivity index (χ2v) is 9.33. The number of nitrogens with one attached hydrogen (secondary N) is 1. The normalized spacial score (nSPS) is 11.3. The number of ether oxygens (including phenoxy) is 2. The summed E-state index contributed by atoms with van der Waals surface area (Å²) in [5.41, 5.74) is 0.526. The molecule has 1 amide bonds. The minimum atomic E-state index is -0.875. The number of para-hydroxylation sites is 3. The van der Waals surface area contributed by atoms with Crippen molar-refractivity contribution in [1.82, 2.24) is 18.7 Å². The van der Waals surface area contributed by atoms with Crippen molar-refractivity contribution in [3.05, 3.63) is 116 Å². The van der Waals surface area contributed by atoms with Crippen LogP contribution in [0, 0.1) is 25.2 Å². The summed E-state index contributed by atoms with van der Waals surface area (Å²) < 4.78 is 15.7. The highest BCUT2D eigenvalue weighted by Gasteiger charge is 2.22. The number of fused-ring (bicyclic) bond motifs is 1. The number of hydrogen-bond donors (Lipinski definition) is 1. The van der Waals surface area contributed by atoms with E-state index in [1.165, 1.54) is 22.4 Å².